The largest absolute Gasteiger partial charge is 0.347 e. The molecule has 2 fully saturated rings. The molecular weight excluding hydrogens is 326 g/mol. The molecule has 6 heteroatoms. The van der Waals surface area contributed by atoms with Crippen molar-refractivity contribution < 1.29 is 4.79 Å². The summed E-state index contributed by atoms with van der Waals surface area (Å²) in [6.07, 6.45) is 3.11. The molecule has 0 bridgehead atoms. The number of carbonyl (C=O) groups is 1. The molecule has 26 heavy (non-hydrogen) atoms. The Balaban J connectivity index is 1.28. The van der Waals surface area contributed by atoms with Crippen LogP contribution in [0, 0.1) is 18.8 Å². The Morgan fingerprint density at radius 1 is 1.19 bits per heavy atom. The van der Waals surface area contributed by atoms with E-state index >= 15 is 0 Å². The highest BCUT2D eigenvalue weighted by atomic mass is 16.2. The first kappa shape index (κ1) is 16.0. The fourth-order valence-electron chi connectivity index (χ4n) is 4.46. The van der Waals surface area contributed by atoms with Crippen LogP contribution in [0.2, 0.25) is 0 Å². The number of benzene rings is 1. The first-order chi connectivity index (χ1) is 12.7. The molecule has 1 aliphatic carbocycles. The fraction of sp³-hybridized carbons (Fsp3) is 0.550. The van der Waals surface area contributed by atoms with Crippen LogP contribution in [0.1, 0.15) is 40.4 Å². The number of nitrogens with zero attached hydrogens (tertiary/aromatic N) is 4. The van der Waals surface area contributed by atoms with Gasteiger partial charge in [-0.25, -0.2) is 0 Å². The number of aryl methyl sites for hydroxylation is 1. The summed E-state index contributed by atoms with van der Waals surface area (Å²) in [5.41, 5.74) is 2.70. The number of hydrogen-bond donors (Lipinski definition) is 1. The van der Waals surface area contributed by atoms with E-state index in [-0.39, 0.29) is 5.91 Å². The van der Waals surface area contributed by atoms with Crippen LogP contribution >= 0.6 is 0 Å². The van der Waals surface area contributed by atoms with Gasteiger partial charge in [-0.2, -0.15) is 0 Å². The van der Waals surface area contributed by atoms with Crippen molar-refractivity contribution in [3.63, 3.8) is 0 Å². The Hall–Kier alpha value is -2.21. The summed E-state index contributed by atoms with van der Waals surface area (Å²) >= 11 is 0. The van der Waals surface area contributed by atoms with Gasteiger partial charge in [-0.15, -0.1) is 10.2 Å². The summed E-state index contributed by atoms with van der Waals surface area (Å²) < 4.78 is 2.06. The normalized spacial score (nSPS) is 25.0. The first-order valence-corrected chi connectivity index (χ1v) is 9.66. The Labute approximate surface area is 153 Å². The molecule has 0 radical (unpaired) electrons. The van der Waals surface area contributed by atoms with Crippen molar-refractivity contribution in [1.82, 2.24) is 25.0 Å². The fourth-order valence-corrected chi connectivity index (χ4v) is 4.46. The van der Waals surface area contributed by atoms with E-state index in [9.17, 15) is 4.79 Å². The van der Waals surface area contributed by atoms with Gasteiger partial charge in [0.2, 0.25) is 5.82 Å². The van der Waals surface area contributed by atoms with Crippen molar-refractivity contribution in [2.75, 3.05) is 13.1 Å². The number of fused-ring (bicyclic) bond motifs is 2. The van der Waals surface area contributed by atoms with Gasteiger partial charge in [0, 0.05) is 38.6 Å². The van der Waals surface area contributed by atoms with Crippen LogP contribution < -0.4 is 5.32 Å². The summed E-state index contributed by atoms with van der Waals surface area (Å²) in [4.78, 5) is 15.0. The Kier molecular flexibility index (Phi) is 3.81. The molecule has 1 N–H and O–H groups in total. The Bertz CT molecular complexity index is 840. The molecule has 0 unspecified atom stereocenters. The van der Waals surface area contributed by atoms with Gasteiger partial charge >= 0.3 is 0 Å². The van der Waals surface area contributed by atoms with E-state index in [0.717, 1.165) is 51.3 Å². The zero-order valence-electron chi connectivity index (χ0n) is 15.2. The number of nitrogens with one attached hydrogen (secondary N) is 1. The van der Waals surface area contributed by atoms with Crippen LogP contribution in [-0.2, 0) is 19.5 Å². The topological polar surface area (TPSA) is 63.1 Å². The highest BCUT2D eigenvalue weighted by Gasteiger charge is 2.39. The van der Waals surface area contributed by atoms with E-state index in [1.165, 1.54) is 11.1 Å². The van der Waals surface area contributed by atoms with Gasteiger partial charge in [0.15, 0.2) is 0 Å². The zero-order valence-corrected chi connectivity index (χ0v) is 15.2. The molecule has 3 heterocycles. The van der Waals surface area contributed by atoms with Crippen LogP contribution in [0.15, 0.2) is 24.3 Å². The second-order valence-corrected chi connectivity index (χ2v) is 8.21. The molecule has 6 nitrogen and oxygen atoms in total. The van der Waals surface area contributed by atoms with Crippen LogP contribution in [-0.4, -0.2) is 44.7 Å². The van der Waals surface area contributed by atoms with Crippen molar-refractivity contribution in [2.45, 2.75) is 45.3 Å². The van der Waals surface area contributed by atoms with E-state index in [4.69, 9.17) is 0 Å². The van der Waals surface area contributed by atoms with Crippen LogP contribution in [0.4, 0.5) is 0 Å². The van der Waals surface area contributed by atoms with Gasteiger partial charge in [-0.05, 0) is 37.2 Å². The molecule has 1 saturated heterocycles. The number of aromatic nitrogens is 3. The minimum absolute atomic E-state index is 0.0562. The summed E-state index contributed by atoms with van der Waals surface area (Å²) in [5, 5.41) is 11.5. The highest BCUT2D eigenvalue weighted by Crippen LogP contribution is 2.33. The molecule has 1 amide bonds. The van der Waals surface area contributed by atoms with Gasteiger partial charge in [-0.1, -0.05) is 29.8 Å². The minimum atomic E-state index is -0.0562. The van der Waals surface area contributed by atoms with Crippen LogP contribution in [0.25, 0.3) is 0 Å². The number of amides is 1. The van der Waals surface area contributed by atoms with E-state index in [2.05, 4.69) is 56.2 Å². The standard InChI is InChI=1S/C20H25N5O/c1-13-3-2-4-14(7-13)9-24-10-15-8-18-22-23-19(20(26)21-17-5-6-17)25(18)12-16(15)11-24/h2-4,7,15-17H,5-6,8-12H2,1H3,(H,21,26)/t15-,16-/m1/s1. The number of carbonyl (C=O) groups excluding carboxylic acids is 1. The van der Waals surface area contributed by atoms with Gasteiger partial charge < -0.3 is 9.88 Å². The molecule has 2 aromatic rings. The lowest BCUT2D eigenvalue weighted by atomic mass is 9.89. The van der Waals surface area contributed by atoms with Gasteiger partial charge in [-0.3, -0.25) is 9.69 Å². The van der Waals surface area contributed by atoms with Crippen molar-refractivity contribution in [1.29, 1.82) is 0 Å². The molecule has 5 rings (SSSR count). The number of rotatable bonds is 4. The maximum absolute atomic E-state index is 12.4. The molecular formula is C20H25N5O. The zero-order chi connectivity index (χ0) is 17.7. The van der Waals surface area contributed by atoms with E-state index in [1.54, 1.807) is 0 Å². The second-order valence-electron chi connectivity index (χ2n) is 8.21. The third kappa shape index (κ3) is 3.03. The van der Waals surface area contributed by atoms with Gasteiger partial charge in [0.05, 0.1) is 0 Å². The molecule has 2 aliphatic heterocycles. The Morgan fingerprint density at radius 2 is 2.04 bits per heavy atom. The second kappa shape index (κ2) is 6.20. The predicted octanol–water partition coefficient (Wildman–Crippen LogP) is 1.78. The molecule has 3 aliphatic rings. The van der Waals surface area contributed by atoms with Crippen LogP contribution in [0.3, 0.4) is 0 Å². The Morgan fingerprint density at radius 3 is 2.85 bits per heavy atom. The summed E-state index contributed by atoms with van der Waals surface area (Å²) in [6, 6.07) is 9.12. The molecule has 0 spiro atoms. The third-order valence-corrected chi connectivity index (χ3v) is 5.95. The average molecular weight is 351 g/mol. The van der Waals surface area contributed by atoms with Crippen molar-refractivity contribution in [3.05, 3.63) is 47.0 Å². The van der Waals surface area contributed by atoms with Crippen molar-refractivity contribution >= 4 is 5.91 Å². The summed E-state index contributed by atoms with van der Waals surface area (Å²) in [6.45, 7) is 6.21. The lowest BCUT2D eigenvalue weighted by molar-refractivity contribution is 0.0932. The SMILES string of the molecule is Cc1cccc(CN2C[C@H]3Cc4nnc(C(=O)NC5CC5)n4C[C@H]3C2)c1. The monoisotopic (exact) mass is 351 g/mol. The first-order valence-electron chi connectivity index (χ1n) is 9.66. The van der Waals surface area contributed by atoms with Gasteiger partial charge in [0.25, 0.3) is 5.91 Å². The van der Waals surface area contributed by atoms with Crippen molar-refractivity contribution in [3.8, 4) is 0 Å². The maximum atomic E-state index is 12.4. The summed E-state index contributed by atoms with van der Waals surface area (Å²) in [7, 11) is 0. The quantitative estimate of drug-likeness (QED) is 0.912. The lowest BCUT2D eigenvalue weighted by Crippen LogP contribution is -2.33. The highest BCUT2D eigenvalue weighted by molar-refractivity contribution is 5.91. The molecule has 2 atom stereocenters. The number of likely N-dealkylation sites (tertiary alicyclic amines) is 1. The minimum Gasteiger partial charge on any atom is -0.347 e. The van der Waals surface area contributed by atoms with Gasteiger partial charge in [0.1, 0.15) is 5.82 Å². The smallest absolute Gasteiger partial charge is 0.289 e. The third-order valence-electron chi connectivity index (χ3n) is 5.95. The number of hydrogen-bond acceptors (Lipinski definition) is 4. The van der Waals surface area contributed by atoms with Crippen molar-refractivity contribution in [2.24, 2.45) is 11.8 Å². The molecule has 136 valence electrons. The maximum Gasteiger partial charge on any atom is 0.289 e. The van der Waals surface area contributed by atoms with E-state index in [0.29, 0.717) is 23.7 Å². The van der Waals surface area contributed by atoms with E-state index < -0.39 is 0 Å². The predicted molar refractivity (Wildman–Crippen MR) is 97.7 cm³/mol. The molecule has 1 aromatic carbocycles. The molecule has 1 aromatic heterocycles. The average Bonchev–Trinajstić information content (AvgIpc) is 3.19. The molecule has 1 saturated carbocycles. The lowest BCUT2D eigenvalue weighted by Gasteiger charge is -2.25. The summed E-state index contributed by atoms with van der Waals surface area (Å²) in [5.74, 6) is 2.62. The van der Waals surface area contributed by atoms with E-state index in [1.807, 2.05) is 0 Å². The van der Waals surface area contributed by atoms with Crippen LogP contribution in [0.5, 0.6) is 0 Å².